The van der Waals surface area contributed by atoms with Crippen molar-refractivity contribution < 1.29 is 14.4 Å². The number of nitrogens with zero attached hydrogens (tertiary/aromatic N) is 3. The van der Waals surface area contributed by atoms with Gasteiger partial charge in [-0.15, -0.1) is 4.52 Å². The predicted molar refractivity (Wildman–Crippen MR) is 81.8 cm³/mol. The Balaban J connectivity index is 0.00000156. The Morgan fingerprint density at radius 3 is 2.74 bits per heavy atom. The summed E-state index contributed by atoms with van der Waals surface area (Å²) in [6, 6.07) is 11.4. The Hall–Kier alpha value is -2.77. The van der Waals surface area contributed by atoms with Crippen LogP contribution in [-0.2, 0) is 0 Å². The third-order valence-electron chi connectivity index (χ3n) is 3.50. The molecule has 0 aliphatic carbocycles. The second-order valence-electron chi connectivity index (χ2n) is 4.81. The molecule has 1 aromatic carbocycles. The molecule has 0 amide bonds. The number of pyridine rings is 2. The molecule has 0 atom stereocenters. The number of aromatic nitrogens is 4. The van der Waals surface area contributed by atoms with Crippen LogP contribution in [0.3, 0.4) is 0 Å². The van der Waals surface area contributed by atoms with Crippen LogP contribution in [0.4, 0.5) is 4.39 Å². The van der Waals surface area contributed by atoms with Crippen molar-refractivity contribution in [1.82, 2.24) is 14.9 Å². The molecule has 23 heavy (non-hydrogen) atoms. The molecule has 0 radical (unpaired) electrons. The summed E-state index contributed by atoms with van der Waals surface area (Å²) in [6.45, 7) is 0. The molecule has 0 fully saturated rings. The average Bonchev–Trinajstić information content (AvgIpc) is 2.85. The van der Waals surface area contributed by atoms with Gasteiger partial charge in [0, 0.05) is 5.39 Å². The second kappa shape index (κ2) is 5.45. The topological polar surface area (TPSA) is 84.8 Å². The van der Waals surface area contributed by atoms with Gasteiger partial charge in [0.15, 0.2) is 17.0 Å². The van der Waals surface area contributed by atoms with Crippen LogP contribution in [-0.4, -0.2) is 20.4 Å². The number of aromatic amines is 1. The normalized spacial score (nSPS) is 10.9. The highest BCUT2D eigenvalue weighted by molar-refractivity contribution is 6.29. The molecule has 6 nitrogen and oxygen atoms in total. The number of halogens is 2. The van der Waals surface area contributed by atoms with Crippen molar-refractivity contribution >= 4 is 28.0 Å². The number of benzene rings is 1. The largest absolute Gasteiger partial charge is 0.870 e. The van der Waals surface area contributed by atoms with E-state index in [-0.39, 0.29) is 11.0 Å². The number of para-hydroxylation sites is 1. The lowest BCUT2D eigenvalue weighted by molar-refractivity contribution is -0.556. The molecule has 4 aromatic rings. The minimum Gasteiger partial charge on any atom is -0.870 e. The summed E-state index contributed by atoms with van der Waals surface area (Å²) in [7, 11) is 0. The number of rotatable bonds is 1. The lowest BCUT2D eigenvalue weighted by Crippen LogP contribution is -2.26. The van der Waals surface area contributed by atoms with Crippen LogP contribution in [0, 0.1) is 5.82 Å². The fourth-order valence-corrected chi connectivity index (χ4v) is 2.58. The highest BCUT2D eigenvalue weighted by Gasteiger charge is 2.20. The van der Waals surface area contributed by atoms with E-state index in [1.165, 1.54) is 21.5 Å². The molecule has 0 bridgehead atoms. The van der Waals surface area contributed by atoms with Crippen molar-refractivity contribution in [3.8, 4) is 5.69 Å². The quantitative estimate of drug-likeness (QED) is 0.428. The van der Waals surface area contributed by atoms with Crippen LogP contribution in [0.15, 0.2) is 53.5 Å². The Morgan fingerprint density at radius 2 is 2.00 bits per heavy atom. The smallest absolute Gasteiger partial charge is 0.406 e. The van der Waals surface area contributed by atoms with Crippen molar-refractivity contribution in [2.24, 2.45) is 0 Å². The molecule has 0 saturated heterocycles. The molecule has 2 N–H and O–H groups in total. The molecule has 0 aliphatic rings. The van der Waals surface area contributed by atoms with Gasteiger partial charge >= 0.3 is 5.56 Å². The number of nitrogens with one attached hydrogen (secondary N) is 1. The summed E-state index contributed by atoms with van der Waals surface area (Å²) in [5.74, 6) is -0.407. The number of hydrogen-bond acceptors (Lipinski definition) is 3. The average molecular weight is 333 g/mol. The minimum absolute atomic E-state index is 0. The first-order chi connectivity index (χ1) is 10.6. The van der Waals surface area contributed by atoms with E-state index in [4.69, 9.17) is 11.6 Å². The summed E-state index contributed by atoms with van der Waals surface area (Å²) in [4.78, 5) is 16.4. The zero-order valence-corrected chi connectivity index (χ0v) is 12.3. The molecular weight excluding hydrogens is 323 g/mol. The van der Waals surface area contributed by atoms with Crippen molar-refractivity contribution in [2.45, 2.75) is 0 Å². The van der Waals surface area contributed by atoms with Crippen molar-refractivity contribution in [2.75, 3.05) is 0 Å². The predicted octanol–water partition coefficient (Wildman–Crippen LogP) is 2.07. The third-order valence-corrected chi connectivity index (χ3v) is 3.72. The van der Waals surface area contributed by atoms with Gasteiger partial charge in [-0.3, -0.25) is 0 Å². The van der Waals surface area contributed by atoms with E-state index in [2.05, 4.69) is 10.2 Å². The van der Waals surface area contributed by atoms with Gasteiger partial charge in [-0.1, -0.05) is 33.6 Å². The molecule has 0 aliphatic heterocycles. The first-order valence-electron chi connectivity index (χ1n) is 6.51. The fraction of sp³-hybridized carbons (Fsp3) is 0. The van der Waals surface area contributed by atoms with Gasteiger partial charge in [0.25, 0.3) is 0 Å². The van der Waals surface area contributed by atoms with Crippen molar-refractivity contribution in [3.05, 3.63) is 70.0 Å². The fourth-order valence-electron chi connectivity index (χ4n) is 2.47. The van der Waals surface area contributed by atoms with E-state index in [1.807, 2.05) is 0 Å². The van der Waals surface area contributed by atoms with Crippen molar-refractivity contribution in [3.63, 3.8) is 0 Å². The third kappa shape index (κ3) is 2.26. The second-order valence-corrected chi connectivity index (χ2v) is 5.20. The molecule has 0 spiro atoms. The maximum absolute atomic E-state index is 14.1. The number of fused-ring (bicyclic) bond motifs is 3. The zero-order valence-electron chi connectivity index (χ0n) is 11.6. The Bertz CT molecular complexity index is 1070. The Kier molecular flexibility index (Phi) is 3.59. The van der Waals surface area contributed by atoms with E-state index >= 15 is 0 Å². The Morgan fingerprint density at radius 1 is 1.17 bits per heavy atom. The summed E-state index contributed by atoms with van der Waals surface area (Å²) < 4.78 is 16.9. The standard InChI is InChI=1S/C15H8ClFN4O.H2O/c16-13-7-5-10(8-18-13)20-15(22)12-6-4-9-2-1-3-11(17)14(9)21(12)19-20;/h1-8H;1H2. The lowest BCUT2D eigenvalue weighted by atomic mass is 10.2. The van der Waals surface area contributed by atoms with Crippen molar-refractivity contribution in [1.29, 1.82) is 0 Å². The van der Waals surface area contributed by atoms with E-state index in [9.17, 15) is 9.18 Å². The summed E-state index contributed by atoms with van der Waals surface area (Å²) in [5, 5.41) is 3.91. The number of H-pyrrole nitrogens is 1. The van der Waals surface area contributed by atoms with Gasteiger partial charge in [0.05, 0.1) is 6.20 Å². The van der Waals surface area contributed by atoms with Gasteiger partial charge in [0.2, 0.25) is 5.52 Å². The van der Waals surface area contributed by atoms with E-state index in [0.717, 1.165) is 0 Å². The van der Waals surface area contributed by atoms with E-state index < -0.39 is 5.82 Å². The highest BCUT2D eigenvalue weighted by Crippen LogP contribution is 2.14. The maximum atomic E-state index is 14.1. The molecule has 3 aromatic heterocycles. The van der Waals surface area contributed by atoms with Crippen LogP contribution in [0.25, 0.3) is 22.1 Å². The highest BCUT2D eigenvalue weighted by atomic mass is 35.5. The molecule has 0 saturated carbocycles. The zero-order chi connectivity index (χ0) is 15.3. The molecule has 8 heteroatoms. The van der Waals surface area contributed by atoms with Crippen LogP contribution in [0.5, 0.6) is 0 Å². The van der Waals surface area contributed by atoms with Crippen LogP contribution in [0.2, 0.25) is 5.15 Å². The van der Waals surface area contributed by atoms with Gasteiger partial charge in [-0.25, -0.2) is 14.2 Å². The SMILES string of the molecule is O=c1c2ccc3cccc(F)c3[n+]2[nH]n1-c1ccc(Cl)nc1.[OH-]. The molecule has 0 unspecified atom stereocenters. The number of hydrogen-bond donors (Lipinski definition) is 1. The van der Waals surface area contributed by atoms with Gasteiger partial charge < -0.3 is 5.48 Å². The molecule has 116 valence electrons. The minimum atomic E-state index is -0.407. The molecular formula is C15H10ClFN4O2. The molecule has 4 rings (SSSR count). The lowest BCUT2D eigenvalue weighted by Gasteiger charge is -1.96. The van der Waals surface area contributed by atoms with Crippen LogP contribution in [0.1, 0.15) is 0 Å². The molecule has 3 heterocycles. The summed E-state index contributed by atoms with van der Waals surface area (Å²) in [5.41, 5.74) is 0.877. The first-order valence-corrected chi connectivity index (χ1v) is 6.89. The summed E-state index contributed by atoms with van der Waals surface area (Å²) in [6.07, 6.45) is 1.47. The van der Waals surface area contributed by atoms with E-state index in [0.29, 0.717) is 27.3 Å². The van der Waals surface area contributed by atoms with Crippen LogP contribution < -0.4 is 10.1 Å². The van der Waals surface area contributed by atoms with Crippen LogP contribution >= 0.6 is 11.6 Å². The maximum Gasteiger partial charge on any atom is 0.406 e. The van der Waals surface area contributed by atoms with Gasteiger partial charge in [-0.05, 0) is 30.3 Å². The summed E-state index contributed by atoms with van der Waals surface area (Å²) >= 11 is 5.75. The van der Waals surface area contributed by atoms with Gasteiger partial charge in [0.1, 0.15) is 5.15 Å². The van der Waals surface area contributed by atoms with E-state index in [1.54, 1.807) is 36.4 Å². The Labute approximate surface area is 133 Å². The monoisotopic (exact) mass is 332 g/mol. The first kappa shape index (κ1) is 15.1. The van der Waals surface area contributed by atoms with Gasteiger partial charge in [-0.2, -0.15) is 0 Å².